The highest BCUT2D eigenvalue weighted by molar-refractivity contribution is 6.32. The number of hydrogen-bond acceptors (Lipinski definition) is 4. The Labute approximate surface area is 140 Å². The van der Waals surface area contributed by atoms with Crippen LogP contribution in [0.5, 0.6) is 5.75 Å². The molecule has 0 aliphatic rings. The molecule has 5 nitrogen and oxygen atoms in total. The quantitative estimate of drug-likeness (QED) is 0.810. The second-order valence-corrected chi connectivity index (χ2v) is 5.67. The predicted octanol–water partition coefficient (Wildman–Crippen LogP) is 3.39. The van der Waals surface area contributed by atoms with Gasteiger partial charge in [0, 0.05) is 18.3 Å². The number of aliphatic carboxylic acids is 1. The van der Waals surface area contributed by atoms with Gasteiger partial charge in [0.25, 0.3) is 0 Å². The first-order valence-corrected chi connectivity index (χ1v) is 7.67. The van der Waals surface area contributed by atoms with Gasteiger partial charge in [-0.05, 0) is 48.9 Å². The van der Waals surface area contributed by atoms with Crippen molar-refractivity contribution in [1.29, 1.82) is 0 Å². The van der Waals surface area contributed by atoms with E-state index >= 15 is 0 Å². The van der Waals surface area contributed by atoms with Crippen molar-refractivity contribution < 1.29 is 14.6 Å². The predicted molar refractivity (Wildman–Crippen MR) is 88.8 cm³/mol. The summed E-state index contributed by atoms with van der Waals surface area (Å²) in [5, 5.41) is 9.45. The lowest BCUT2D eigenvalue weighted by atomic mass is 9.96. The average molecular weight is 335 g/mol. The number of nitrogens with two attached hydrogens (primary N) is 1. The Hall–Kier alpha value is -2.11. The van der Waals surface area contributed by atoms with Crippen LogP contribution >= 0.6 is 11.6 Å². The molecule has 1 aromatic carbocycles. The number of pyridine rings is 1. The lowest BCUT2D eigenvalue weighted by molar-refractivity contribution is -0.137. The molecule has 23 heavy (non-hydrogen) atoms. The molecule has 0 bridgehead atoms. The molecular formula is C17H19ClN2O3. The summed E-state index contributed by atoms with van der Waals surface area (Å²) in [7, 11) is 0. The molecule has 1 aromatic heterocycles. The fraction of sp³-hybridized carbons (Fsp3) is 0.294. The van der Waals surface area contributed by atoms with Gasteiger partial charge < -0.3 is 15.6 Å². The number of carboxylic acids is 1. The summed E-state index contributed by atoms with van der Waals surface area (Å²) in [4.78, 5) is 14.9. The average Bonchev–Trinajstić information content (AvgIpc) is 2.55. The molecule has 2 aromatic rings. The van der Waals surface area contributed by atoms with Gasteiger partial charge in [-0.1, -0.05) is 17.7 Å². The van der Waals surface area contributed by atoms with Gasteiger partial charge in [-0.2, -0.15) is 0 Å². The summed E-state index contributed by atoms with van der Waals surface area (Å²) in [6.45, 7) is 2.16. The van der Waals surface area contributed by atoms with Crippen molar-refractivity contribution in [3.05, 3.63) is 58.9 Å². The van der Waals surface area contributed by atoms with E-state index in [9.17, 15) is 4.79 Å². The van der Waals surface area contributed by atoms with Gasteiger partial charge in [-0.3, -0.25) is 9.78 Å². The molecule has 6 heteroatoms. The summed E-state index contributed by atoms with van der Waals surface area (Å²) < 4.78 is 5.92. The normalized spacial score (nSPS) is 13.3. The third kappa shape index (κ3) is 4.68. The van der Waals surface area contributed by atoms with Crippen LogP contribution in [0.4, 0.5) is 0 Å². The van der Waals surface area contributed by atoms with Crippen LogP contribution in [0.1, 0.15) is 36.5 Å². The fourth-order valence-electron chi connectivity index (χ4n) is 2.31. The third-order valence-electron chi connectivity index (χ3n) is 3.61. The van der Waals surface area contributed by atoms with Crippen LogP contribution in [-0.4, -0.2) is 22.6 Å². The van der Waals surface area contributed by atoms with E-state index in [0.717, 1.165) is 11.1 Å². The van der Waals surface area contributed by atoms with E-state index in [-0.39, 0.29) is 25.0 Å². The summed E-state index contributed by atoms with van der Waals surface area (Å²) in [6, 6.07) is 8.99. The van der Waals surface area contributed by atoms with Gasteiger partial charge in [0.05, 0.1) is 11.4 Å². The van der Waals surface area contributed by atoms with Crippen molar-refractivity contribution in [3.63, 3.8) is 0 Å². The Morgan fingerprint density at radius 2 is 2.00 bits per heavy atom. The van der Waals surface area contributed by atoms with E-state index in [0.29, 0.717) is 10.8 Å². The molecule has 0 unspecified atom stereocenters. The highest BCUT2D eigenvalue weighted by Crippen LogP contribution is 2.32. The molecule has 0 fully saturated rings. The monoisotopic (exact) mass is 334 g/mol. The topological polar surface area (TPSA) is 85.4 Å². The summed E-state index contributed by atoms with van der Waals surface area (Å²) >= 11 is 6.20. The molecule has 1 heterocycles. The highest BCUT2D eigenvalue weighted by Gasteiger charge is 2.17. The number of carboxylic acid groups (broad SMARTS) is 1. The van der Waals surface area contributed by atoms with Crippen molar-refractivity contribution in [3.8, 4) is 5.75 Å². The van der Waals surface area contributed by atoms with E-state index < -0.39 is 5.97 Å². The van der Waals surface area contributed by atoms with Crippen LogP contribution in [0.3, 0.4) is 0 Å². The van der Waals surface area contributed by atoms with Crippen molar-refractivity contribution >= 4 is 17.6 Å². The number of rotatable bonds is 7. The molecule has 0 amide bonds. The van der Waals surface area contributed by atoms with E-state index in [4.69, 9.17) is 27.2 Å². The number of nitrogens with zero attached hydrogens (tertiary/aromatic N) is 1. The van der Waals surface area contributed by atoms with Crippen molar-refractivity contribution in [2.24, 2.45) is 5.73 Å². The first-order chi connectivity index (χ1) is 11.0. The standard InChI is InChI=1S/C17H19ClN2O3/c1-11(12-4-6-20-7-5-12)23-16-8-13(2-3-15(16)18)14(10-19)9-17(21)22/h2-8,11,14H,9-10,19H2,1H3,(H,21,22)/t11-,14-/m0/s1. The summed E-state index contributed by atoms with van der Waals surface area (Å²) in [5.74, 6) is -0.649. The minimum Gasteiger partial charge on any atom is -0.484 e. The molecule has 2 rings (SSSR count). The molecule has 0 aliphatic heterocycles. The SMILES string of the molecule is C[C@H](Oc1cc([C@H](CN)CC(=O)O)ccc1Cl)c1ccncc1. The molecule has 0 radical (unpaired) electrons. The van der Waals surface area contributed by atoms with E-state index in [2.05, 4.69) is 4.98 Å². The zero-order valence-electron chi connectivity index (χ0n) is 12.8. The zero-order valence-corrected chi connectivity index (χ0v) is 13.5. The van der Waals surface area contributed by atoms with Gasteiger partial charge >= 0.3 is 5.97 Å². The Kier molecular flexibility index (Phi) is 5.96. The van der Waals surface area contributed by atoms with Gasteiger partial charge in [0.2, 0.25) is 0 Å². The third-order valence-corrected chi connectivity index (χ3v) is 3.92. The summed E-state index contributed by atoms with van der Waals surface area (Å²) in [5.41, 5.74) is 7.47. The Balaban J connectivity index is 2.21. The Bertz CT molecular complexity index is 664. The van der Waals surface area contributed by atoms with Crippen LogP contribution in [0.2, 0.25) is 5.02 Å². The minimum atomic E-state index is -0.886. The number of halogens is 1. The van der Waals surface area contributed by atoms with Gasteiger partial charge in [-0.15, -0.1) is 0 Å². The molecule has 0 saturated carbocycles. The van der Waals surface area contributed by atoms with Crippen molar-refractivity contribution in [2.75, 3.05) is 6.54 Å². The molecule has 0 spiro atoms. The second-order valence-electron chi connectivity index (χ2n) is 5.26. The first kappa shape index (κ1) is 17.2. The van der Waals surface area contributed by atoms with Crippen molar-refractivity contribution in [2.45, 2.75) is 25.4 Å². The van der Waals surface area contributed by atoms with Gasteiger partial charge in [0.1, 0.15) is 11.9 Å². The van der Waals surface area contributed by atoms with Crippen LogP contribution in [-0.2, 0) is 4.79 Å². The maximum Gasteiger partial charge on any atom is 0.304 e. The lowest BCUT2D eigenvalue weighted by Gasteiger charge is -2.19. The number of benzene rings is 1. The number of ether oxygens (including phenoxy) is 1. The van der Waals surface area contributed by atoms with Gasteiger partial charge in [0.15, 0.2) is 0 Å². The lowest BCUT2D eigenvalue weighted by Crippen LogP contribution is -2.16. The Morgan fingerprint density at radius 1 is 1.30 bits per heavy atom. The second kappa shape index (κ2) is 7.94. The van der Waals surface area contributed by atoms with Crippen LogP contribution in [0.25, 0.3) is 0 Å². The van der Waals surface area contributed by atoms with Gasteiger partial charge in [-0.25, -0.2) is 0 Å². The molecule has 122 valence electrons. The first-order valence-electron chi connectivity index (χ1n) is 7.29. The molecule has 0 aliphatic carbocycles. The molecule has 2 atom stereocenters. The Morgan fingerprint density at radius 3 is 2.61 bits per heavy atom. The number of aromatic nitrogens is 1. The molecular weight excluding hydrogens is 316 g/mol. The maximum atomic E-state index is 10.9. The summed E-state index contributed by atoms with van der Waals surface area (Å²) in [6.07, 6.45) is 3.16. The van der Waals surface area contributed by atoms with E-state index in [1.165, 1.54) is 0 Å². The van der Waals surface area contributed by atoms with Crippen molar-refractivity contribution in [1.82, 2.24) is 4.98 Å². The van der Waals surface area contributed by atoms with E-state index in [1.54, 1.807) is 30.6 Å². The smallest absolute Gasteiger partial charge is 0.304 e. The largest absolute Gasteiger partial charge is 0.484 e. The molecule has 0 saturated heterocycles. The highest BCUT2D eigenvalue weighted by atomic mass is 35.5. The fourth-order valence-corrected chi connectivity index (χ4v) is 2.47. The minimum absolute atomic E-state index is 0.0303. The number of carbonyl (C=O) groups is 1. The number of hydrogen-bond donors (Lipinski definition) is 2. The van der Waals surface area contributed by atoms with Crippen LogP contribution < -0.4 is 10.5 Å². The maximum absolute atomic E-state index is 10.9. The zero-order chi connectivity index (χ0) is 16.8. The van der Waals surface area contributed by atoms with Crippen LogP contribution in [0.15, 0.2) is 42.7 Å². The molecule has 3 N–H and O–H groups in total. The van der Waals surface area contributed by atoms with E-state index in [1.807, 2.05) is 19.1 Å². The van der Waals surface area contributed by atoms with Crippen LogP contribution in [0, 0.1) is 0 Å².